The Morgan fingerprint density at radius 2 is 1.92 bits per heavy atom. The Bertz CT molecular complexity index is 1430. The summed E-state index contributed by atoms with van der Waals surface area (Å²) in [4.78, 5) is 21.4. The smallest absolute Gasteiger partial charge is 0.254 e. The number of fused-ring (bicyclic) bond motifs is 2. The first-order valence-electron chi connectivity index (χ1n) is 12.5. The number of hydrogen-bond donors (Lipinski definition) is 1. The van der Waals surface area contributed by atoms with Crippen LogP contribution in [0.3, 0.4) is 0 Å². The van der Waals surface area contributed by atoms with Crippen LogP contribution >= 0.6 is 0 Å². The average Bonchev–Trinajstić information content (AvgIpc) is 3.60. The molecule has 0 spiro atoms. The van der Waals surface area contributed by atoms with E-state index in [0.29, 0.717) is 31.3 Å². The molecule has 0 aliphatic carbocycles. The van der Waals surface area contributed by atoms with Gasteiger partial charge in [-0.2, -0.15) is 10.1 Å². The zero-order chi connectivity index (χ0) is 25.0. The highest BCUT2D eigenvalue weighted by atomic mass is 16.5. The number of rotatable bonds is 5. The van der Waals surface area contributed by atoms with E-state index in [-0.39, 0.29) is 17.9 Å². The molecule has 0 radical (unpaired) electrons. The number of nitrogens with zero attached hydrogens (tertiary/aromatic N) is 6. The molecule has 6 rings (SSSR count). The molecule has 1 N–H and O–H groups in total. The van der Waals surface area contributed by atoms with E-state index in [1.807, 2.05) is 72.9 Å². The average molecular weight is 487 g/mol. The van der Waals surface area contributed by atoms with Gasteiger partial charge in [0.05, 0.1) is 17.3 Å². The summed E-state index contributed by atoms with van der Waals surface area (Å²) in [5.41, 5.74) is 4.69. The maximum absolute atomic E-state index is 12.8. The molecule has 2 aliphatic rings. The summed E-state index contributed by atoms with van der Waals surface area (Å²) in [6, 6.07) is 13.5. The number of aromatic nitrogens is 4. The summed E-state index contributed by atoms with van der Waals surface area (Å²) in [5.74, 6) is 1.35. The van der Waals surface area contributed by atoms with Crippen molar-refractivity contribution in [1.29, 1.82) is 0 Å². The van der Waals surface area contributed by atoms with Crippen LogP contribution < -0.4 is 0 Å². The number of carbonyl (C=O) groups is 1. The molecule has 4 aromatic rings. The van der Waals surface area contributed by atoms with Crippen LogP contribution in [0.1, 0.15) is 53.2 Å². The van der Waals surface area contributed by atoms with Crippen molar-refractivity contribution in [2.24, 2.45) is 7.05 Å². The van der Waals surface area contributed by atoms with Gasteiger partial charge in [0.2, 0.25) is 11.7 Å². The number of carbonyl (C=O) groups excluding carboxylic acids is 1. The fourth-order valence-corrected chi connectivity index (χ4v) is 5.58. The molecule has 0 saturated carbocycles. The topological polar surface area (TPSA) is 101 Å². The molecule has 1 fully saturated rings. The Kier molecular flexibility index (Phi) is 5.61. The maximum atomic E-state index is 12.8. The van der Waals surface area contributed by atoms with Crippen LogP contribution in [0.25, 0.3) is 22.3 Å². The molecule has 2 unspecified atom stereocenters. The van der Waals surface area contributed by atoms with Gasteiger partial charge in [-0.05, 0) is 44.4 Å². The summed E-state index contributed by atoms with van der Waals surface area (Å²) in [5, 5.41) is 20.9. The molecule has 1 amide bonds. The molecule has 0 bridgehead atoms. The highest BCUT2D eigenvalue weighted by molar-refractivity contribution is 5.98. The maximum Gasteiger partial charge on any atom is 0.254 e. The van der Waals surface area contributed by atoms with Crippen molar-refractivity contribution in [2.75, 3.05) is 13.1 Å². The normalized spacial score (nSPS) is 18.7. The molecule has 186 valence electrons. The van der Waals surface area contributed by atoms with E-state index < -0.39 is 6.23 Å². The van der Waals surface area contributed by atoms with E-state index in [0.717, 1.165) is 46.1 Å². The van der Waals surface area contributed by atoms with Crippen LogP contribution in [0.2, 0.25) is 0 Å². The van der Waals surface area contributed by atoms with Crippen molar-refractivity contribution < 1.29 is 14.4 Å². The molecular weight excluding hydrogens is 456 g/mol. The predicted octanol–water partition coefficient (Wildman–Crippen LogP) is 3.47. The molecule has 2 atom stereocenters. The molecule has 2 aromatic heterocycles. The largest absolute Gasteiger partial charge is 0.376 e. The second-order valence-electron chi connectivity index (χ2n) is 9.95. The fraction of sp³-hybridized carbons (Fsp3) is 0.407. The van der Waals surface area contributed by atoms with Crippen LogP contribution in [0.15, 0.2) is 47.0 Å². The lowest BCUT2D eigenvalue weighted by molar-refractivity contribution is -0.0594. The number of hydrogen-bond acceptors (Lipinski definition) is 7. The Labute approximate surface area is 209 Å². The van der Waals surface area contributed by atoms with Crippen molar-refractivity contribution in [3.05, 3.63) is 65.2 Å². The Hall–Kier alpha value is -3.56. The summed E-state index contributed by atoms with van der Waals surface area (Å²) in [6.07, 6.45) is 0.885. The van der Waals surface area contributed by atoms with E-state index in [9.17, 15) is 9.90 Å². The van der Waals surface area contributed by atoms with Crippen molar-refractivity contribution >= 4 is 16.8 Å². The SMILES string of the molecule is Cc1nn(C)c2cc(-c3noc(C4CCN(C(O)C(C)N5Cc6ccccc6C5=O)CC4)n3)ccc12. The number of piperidine rings is 1. The summed E-state index contributed by atoms with van der Waals surface area (Å²) < 4.78 is 7.53. The number of aliphatic hydroxyl groups is 1. The van der Waals surface area contributed by atoms with Crippen molar-refractivity contribution in [3.8, 4) is 11.4 Å². The first-order chi connectivity index (χ1) is 17.4. The highest BCUT2D eigenvalue weighted by Gasteiger charge is 2.37. The van der Waals surface area contributed by atoms with Gasteiger partial charge in [0.25, 0.3) is 5.91 Å². The van der Waals surface area contributed by atoms with E-state index in [2.05, 4.69) is 10.3 Å². The third kappa shape index (κ3) is 3.79. The Morgan fingerprint density at radius 3 is 2.69 bits per heavy atom. The van der Waals surface area contributed by atoms with E-state index in [1.54, 1.807) is 4.90 Å². The fourth-order valence-electron chi connectivity index (χ4n) is 5.58. The Balaban J connectivity index is 1.10. The number of likely N-dealkylation sites (tertiary alicyclic amines) is 1. The lowest BCUT2D eigenvalue weighted by Crippen LogP contribution is -2.52. The van der Waals surface area contributed by atoms with Crippen molar-refractivity contribution in [3.63, 3.8) is 0 Å². The third-order valence-corrected chi connectivity index (χ3v) is 7.76. The molecule has 9 heteroatoms. The van der Waals surface area contributed by atoms with Gasteiger partial charge in [-0.25, -0.2) is 0 Å². The second kappa shape index (κ2) is 8.83. The predicted molar refractivity (Wildman–Crippen MR) is 134 cm³/mol. The van der Waals surface area contributed by atoms with Gasteiger partial charge in [-0.1, -0.05) is 35.5 Å². The van der Waals surface area contributed by atoms with Crippen molar-refractivity contribution in [2.45, 2.75) is 51.4 Å². The van der Waals surface area contributed by atoms with Gasteiger partial charge < -0.3 is 14.5 Å². The van der Waals surface area contributed by atoms with Gasteiger partial charge in [0, 0.05) is 49.1 Å². The van der Waals surface area contributed by atoms with E-state index in [1.165, 1.54) is 0 Å². The van der Waals surface area contributed by atoms with E-state index >= 15 is 0 Å². The van der Waals surface area contributed by atoms with Crippen LogP contribution in [-0.2, 0) is 13.6 Å². The number of benzene rings is 2. The minimum absolute atomic E-state index is 0.00935. The van der Waals surface area contributed by atoms with Crippen LogP contribution in [-0.4, -0.2) is 66.1 Å². The standard InChI is InChI=1S/C27H30N6O3/c1-16-21-9-8-19(14-23(21)31(3)29-16)24-28-25(36-30-24)18-10-12-32(13-11-18)26(34)17(2)33-15-20-6-4-5-7-22(20)27(33)35/h4-9,14,17-18,26,34H,10-13,15H2,1-3H3. The summed E-state index contributed by atoms with van der Waals surface area (Å²) >= 11 is 0. The molecule has 36 heavy (non-hydrogen) atoms. The highest BCUT2D eigenvalue weighted by Crippen LogP contribution is 2.32. The molecular formula is C27H30N6O3. The Morgan fingerprint density at radius 1 is 1.14 bits per heavy atom. The summed E-state index contributed by atoms with van der Waals surface area (Å²) in [6.45, 7) is 5.86. The molecule has 1 saturated heterocycles. The molecule has 4 heterocycles. The molecule has 2 aromatic carbocycles. The van der Waals surface area contributed by atoms with Crippen LogP contribution in [0.4, 0.5) is 0 Å². The second-order valence-corrected chi connectivity index (χ2v) is 9.95. The van der Waals surface area contributed by atoms with Crippen LogP contribution in [0, 0.1) is 6.92 Å². The van der Waals surface area contributed by atoms with Gasteiger partial charge in [-0.15, -0.1) is 0 Å². The first-order valence-corrected chi connectivity index (χ1v) is 12.5. The third-order valence-electron chi connectivity index (χ3n) is 7.76. The number of aryl methyl sites for hydroxylation is 2. The van der Waals surface area contributed by atoms with Crippen molar-refractivity contribution in [1.82, 2.24) is 29.7 Å². The first kappa shape index (κ1) is 22.9. The zero-order valence-electron chi connectivity index (χ0n) is 20.8. The van der Waals surface area contributed by atoms with Gasteiger partial charge in [-0.3, -0.25) is 14.4 Å². The van der Waals surface area contributed by atoms with Gasteiger partial charge >= 0.3 is 0 Å². The lowest BCUT2D eigenvalue weighted by atomic mass is 9.96. The minimum atomic E-state index is -0.725. The van der Waals surface area contributed by atoms with Gasteiger partial charge in [0.15, 0.2) is 0 Å². The quantitative estimate of drug-likeness (QED) is 0.461. The zero-order valence-corrected chi connectivity index (χ0v) is 20.8. The van der Waals surface area contributed by atoms with E-state index in [4.69, 9.17) is 9.51 Å². The molecule has 2 aliphatic heterocycles. The number of aliphatic hydroxyl groups excluding tert-OH is 1. The number of amides is 1. The minimum Gasteiger partial charge on any atom is -0.376 e. The lowest BCUT2D eigenvalue weighted by Gasteiger charge is -2.39. The summed E-state index contributed by atoms with van der Waals surface area (Å²) in [7, 11) is 1.93. The monoisotopic (exact) mass is 486 g/mol. The van der Waals surface area contributed by atoms with Crippen LogP contribution in [0.5, 0.6) is 0 Å². The van der Waals surface area contributed by atoms with Gasteiger partial charge in [0.1, 0.15) is 6.23 Å². The molecule has 9 nitrogen and oxygen atoms in total.